The summed E-state index contributed by atoms with van der Waals surface area (Å²) in [6, 6.07) is 19.8. The van der Waals surface area contributed by atoms with Crippen LogP contribution in [0.15, 0.2) is 91.3 Å². The highest BCUT2D eigenvalue weighted by Gasteiger charge is 2.41. The molecule has 0 spiro atoms. The molecule has 43 heavy (non-hydrogen) atoms. The third-order valence-corrected chi connectivity index (χ3v) is 7.23. The van der Waals surface area contributed by atoms with Gasteiger partial charge in [0.15, 0.2) is 0 Å². The number of imidazole rings is 1. The molecule has 10 heteroatoms. The number of hydrogen-bond donors (Lipinski definition) is 2. The van der Waals surface area contributed by atoms with E-state index in [1.54, 1.807) is 73.9 Å². The van der Waals surface area contributed by atoms with Gasteiger partial charge in [0.1, 0.15) is 5.82 Å². The van der Waals surface area contributed by atoms with E-state index in [2.05, 4.69) is 15.6 Å². The number of rotatable bonds is 7. The monoisotopic (exact) mass is 583 g/mol. The molecule has 4 aromatic rings. The topological polar surface area (TPSA) is 96.3 Å². The molecule has 5 rings (SSSR count). The van der Waals surface area contributed by atoms with Gasteiger partial charge in [-0.05, 0) is 49.4 Å². The number of halogens is 2. The highest BCUT2D eigenvalue weighted by Crippen LogP contribution is 2.43. The summed E-state index contributed by atoms with van der Waals surface area (Å²) >= 11 is 0. The lowest BCUT2D eigenvalue weighted by atomic mass is 9.97. The van der Waals surface area contributed by atoms with E-state index in [0.717, 1.165) is 11.9 Å². The van der Waals surface area contributed by atoms with Gasteiger partial charge in [-0.1, -0.05) is 37.3 Å². The number of nitrogens with zero attached hydrogens (tertiary/aromatic N) is 3. The Morgan fingerprint density at radius 1 is 0.953 bits per heavy atom. The van der Waals surface area contributed by atoms with Gasteiger partial charge in [0.25, 0.3) is 17.7 Å². The van der Waals surface area contributed by atoms with Crippen molar-refractivity contribution in [3.8, 4) is 5.69 Å². The van der Waals surface area contributed by atoms with E-state index in [0.29, 0.717) is 35.6 Å². The summed E-state index contributed by atoms with van der Waals surface area (Å²) in [6.07, 6.45) is 4.46. The van der Waals surface area contributed by atoms with Gasteiger partial charge in [-0.2, -0.15) is 0 Å². The zero-order valence-corrected chi connectivity index (χ0v) is 23.8. The molecule has 0 atom stereocenters. The molecule has 3 amide bonds. The molecule has 0 fully saturated rings. The number of alkyl halides is 2. The molecule has 1 aromatic heterocycles. The van der Waals surface area contributed by atoms with Gasteiger partial charge in [-0.15, -0.1) is 0 Å². The number of carbonyl (C=O) groups is 3. The van der Waals surface area contributed by atoms with Crippen molar-refractivity contribution in [3.05, 3.63) is 114 Å². The van der Waals surface area contributed by atoms with Gasteiger partial charge in [0.2, 0.25) is 5.91 Å². The highest BCUT2D eigenvalue weighted by molar-refractivity contribution is 6.10. The zero-order valence-electron chi connectivity index (χ0n) is 23.8. The van der Waals surface area contributed by atoms with Crippen LogP contribution < -0.4 is 15.5 Å². The molecular weight excluding hydrogens is 552 g/mol. The number of aromatic nitrogens is 2. The second-order valence-corrected chi connectivity index (χ2v) is 10.00. The summed E-state index contributed by atoms with van der Waals surface area (Å²) in [7, 11) is 0. The van der Waals surface area contributed by atoms with Crippen molar-refractivity contribution in [1.82, 2.24) is 14.9 Å². The minimum Gasteiger partial charge on any atom is -0.353 e. The van der Waals surface area contributed by atoms with E-state index in [9.17, 15) is 14.4 Å². The lowest BCUT2D eigenvalue weighted by Crippen LogP contribution is -2.33. The standard InChI is InChI=1S/C33H31F2N5O3/c1-3-29-37-18-20-39(29)28-12-8-6-10-25(28)31(42)38-23-15-13-22(14-16-23)32(43)40-19-17-33(34,35)26(21-30(41)36-4-2)24-9-5-7-11-27(24)40/h5-16,18,20-21H,3-4,17,19H2,1-2H3,(H,36,41)(H,38,42)/b26-21-. The van der Waals surface area contributed by atoms with Crippen molar-refractivity contribution in [3.63, 3.8) is 0 Å². The van der Waals surface area contributed by atoms with Gasteiger partial charge in [0, 0.05) is 66.8 Å². The fourth-order valence-corrected chi connectivity index (χ4v) is 5.13. The Balaban J connectivity index is 1.39. The molecule has 0 unspecified atom stereocenters. The first kappa shape index (κ1) is 29.4. The number of aryl methyl sites for hydroxylation is 1. The van der Waals surface area contributed by atoms with Crippen molar-refractivity contribution in [2.45, 2.75) is 32.6 Å². The predicted octanol–water partition coefficient (Wildman–Crippen LogP) is 5.89. The Hall–Kier alpha value is -5.12. The van der Waals surface area contributed by atoms with Crippen LogP contribution >= 0.6 is 0 Å². The molecule has 8 nitrogen and oxygen atoms in total. The molecule has 0 saturated heterocycles. The average molecular weight is 584 g/mol. The molecule has 2 heterocycles. The van der Waals surface area contributed by atoms with E-state index < -0.39 is 29.7 Å². The number of anilines is 2. The second-order valence-electron chi connectivity index (χ2n) is 10.00. The van der Waals surface area contributed by atoms with Crippen LogP contribution in [0.3, 0.4) is 0 Å². The summed E-state index contributed by atoms with van der Waals surface area (Å²) in [5.74, 6) is -3.93. The average Bonchev–Trinajstić information content (AvgIpc) is 3.46. The predicted molar refractivity (Wildman–Crippen MR) is 162 cm³/mol. The fraction of sp³-hybridized carbons (Fsp3) is 0.212. The van der Waals surface area contributed by atoms with E-state index in [1.165, 1.54) is 11.0 Å². The van der Waals surface area contributed by atoms with Crippen LogP contribution in [0, 0.1) is 0 Å². The molecule has 2 N–H and O–H groups in total. The Morgan fingerprint density at radius 2 is 1.65 bits per heavy atom. The number of fused-ring (bicyclic) bond motifs is 1. The third kappa shape index (κ3) is 6.08. The first-order chi connectivity index (χ1) is 20.7. The number of hydrogen-bond acceptors (Lipinski definition) is 4. The highest BCUT2D eigenvalue weighted by atomic mass is 19.3. The number of allylic oxidation sites excluding steroid dienone is 1. The zero-order chi connectivity index (χ0) is 30.6. The molecule has 3 aromatic carbocycles. The number of likely N-dealkylation sites (N-methyl/N-ethyl adjacent to an activating group) is 1. The SMILES string of the molecule is CCNC(=O)/C=C1/c2ccccc2N(C(=O)c2ccc(NC(=O)c3ccccc3-n3ccnc3CC)cc2)CCC1(F)F. The first-order valence-corrected chi connectivity index (χ1v) is 14.1. The van der Waals surface area contributed by atoms with E-state index in [-0.39, 0.29) is 23.6 Å². The van der Waals surface area contributed by atoms with Crippen LogP contribution in [0.5, 0.6) is 0 Å². The Bertz CT molecular complexity index is 1690. The molecule has 0 aliphatic carbocycles. The summed E-state index contributed by atoms with van der Waals surface area (Å²) in [5, 5.41) is 5.40. The maximum Gasteiger partial charge on any atom is 0.275 e. The summed E-state index contributed by atoms with van der Waals surface area (Å²) < 4.78 is 32.5. The number of para-hydroxylation sites is 2. The maximum atomic E-state index is 15.3. The molecule has 0 bridgehead atoms. The molecule has 0 radical (unpaired) electrons. The van der Waals surface area contributed by atoms with Gasteiger partial charge < -0.3 is 20.1 Å². The van der Waals surface area contributed by atoms with Crippen molar-refractivity contribution in [2.24, 2.45) is 0 Å². The molecule has 1 aliphatic heterocycles. The van der Waals surface area contributed by atoms with Gasteiger partial charge in [0.05, 0.1) is 16.9 Å². The van der Waals surface area contributed by atoms with Gasteiger partial charge in [-0.25, -0.2) is 13.8 Å². The van der Waals surface area contributed by atoms with Gasteiger partial charge >= 0.3 is 0 Å². The largest absolute Gasteiger partial charge is 0.353 e. The van der Waals surface area contributed by atoms with Crippen LogP contribution in [0.25, 0.3) is 11.3 Å². The van der Waals surface area contributed by atoms with Gasteiger partial charge in [-0.3, -0.25) is 14.4 Å². The molecule has 0 saturated carbocycles. The molecule has 220 valence electrons. The number of carbonyl (C=O) groups excluding carboxylic acids is 3. The summed E-state index contributed by atoms with van der Waals surface area (Å²) in [4.78, 5) is 44.8. The molecular formula is C33H31F2N5O3. The van der Waals surface area contributed by atoms with Crippen LogP contribution in [-0.4, -0.2) is 46.3 Å². The first-order valence-electron chi connectivity index (χ1n) is 14.1. The fourth-order valence-electron chi connectivity index (χ4n) is 5.13. The third-order valence-electron chi connectivity index (χ3n) is 7.23. The van der Waals surface area contributed by atoms with Crippen LogP contribution in [0.2, 0.25) is 0 Å². The van der Waals surface area contributed by atoms with Crippen molar-refractivity contribution >= 4 is 34.7 Å². The van der Waals surface area contributed by atoms with E-state index >= 15 is 8.78 Å². The van der Waals surface area contributed by atoms with E-state index in [4.69, 9.17) is 0 Å². The van der Waals surface area contributed by atoms with Crippen LogP contribution in [0.1, 0.15) is 52.4 Å². The minimum absolute atomic E-state index is 0.122. The Morgan fingerprint density at radius 3 is 2.37 bits per heavy atom. The number of benzene rings is 3. The maximum absolute atomic E-state index is 15.3. The minimum atomic E-state index is -3.32. The van der Waals surface area contributed by atoms with Crippen molar-refractivity contribution in [2.75, 3.05) is 23.3 Å². The van der Waals surface area contributed by atoms with Crippen molar-refractivity contribution in [1.29, 1.82) is 0 Å². The lowest BCUT2D eigenvalue weighted by molar-refractivity contribution is -0.116. The second kappa shape index (κ2) is 12.4. The van der Waals surface area contributed by atoms with Crippen LogP contribution in [0.4, 0.5) is 20.2 Å². The van der Waals surface area contributed by atoms with E-state index in [1.807, 2.05) is 23.6 Å². The smallest absolute Gasteiger partial charge is 0.275 e. The Labute approximate surface area is 248 Å². The quantitative estimate of drug-likeness (QED) is 0.265. The van der Waals surface area contributed by atoms with Crippen molar-refractivity contribution < 1.29 is 23.2 Å². The summed E-state index contributed by atoms with van der Waals surface area (Å²) in [5.41, 5.74) is 1.86. The number of amides is 3. The lowest BCUT2D eigenvalue weighted by Gasteiger charge is -2.23. The molecule has 1 aliphatic rings. The normalized spacial score (nSPS) is 15.0. The number of nitrogens with one attached hydrogen (secondary N) is 2. The van der Waals surface area contributed by atoms with Crippen LogP contribution in [-0.2, 0) is 11.2 Å². The Kier molecular flexibility index (Phi) is 8.47. The summed E-state index contributed by atoms with van der Waals surface area (Å²) in [6.45, 7) is 3.74.